The fourth-order valence-corrected chi connectivity index (χ4v) is 3.40. The van der Waals surface area contributed by atoms with E-state index in [1.54, 1.807) is 30.3 Å². The largest absolute Gasteiger partial charge is 0.465 e. The Morgan fingerprint density at radius 3 is 2.31 bits per heavy atom. The summed E-state index contributed by atoms with van der Waals surface area (Å²) in [6.45, 7) is 0. The first-order chi connectivity index (χ1) is 15.4. The van der Waals surface area contributed by atoms with E-state index in [-0.39, 0.29) is 27.9 Å². The van der Waals surface area contributed by atoms with Crippen LogP contribution in [-0.4, -0.2) is 23.6 Å². The van der Waals surface area contributed by atoms with Crippen LogP contribution in [0.4, 0.5) is 14.5 Å². The number of hydrogen-bond donors (Lipinski definition) is 1. The van der Waals surface area contributed by atoms with Crippen LogP contribution in [0.1, 0.15) is 20.7 Å². The summed E-state index contributed by atoms with van der Waals surface area (Å²) >= 11 is 0. The molecule has 0 spiro atoms. The van der Waals surface area contributed by atoms with E-state index in [1.807, 2.05) is 0 Å². The second-order valence-corrected chi connectivity index (χ2v) is 6.85. The molecule has 0 fully saturated rings. The van der Waals surface area contributed by atoms with Crippen LogP contribution in [0.3, 0.4) is 0 Å². The van der Waals surface area contributed by atoms with Gasteiger partial charge < -0.3 is 10.1 Å². The van der Waals surface area contributed by atoms with Crippen molar-refractivity contribution in [3.63, 3.8) is 0 Å². The molecule has 8 heteroatoms. The lowest BCUT2D eigenvalue weighted by Crippen LogP contribution is -2.24. The summed E-state index contributed by atoms with van der Waals surface area (Å²) in [6, 6.07) is 15.4. The van der Waals surface area contributed by atoms with Crippen molar-refractivity contribution in [3.8, 4) is 5.69 Å². The Labute approximate surface area is 180 Å². The predicted molar refractivity (Wildman–Crippen MR) is 115 cm³/mol. The zero-order valence-corrected chi connectivity index (χ0v) is 16.8. The van der Waals surface area contributed by atoms with Gasteiger partial charge in [0.2, 0.25) is 0 Å². The van der Waals surface area contributed by atoms with E-state index < -0.39 is 29.1 Å². The number of nitrogens with one attached hydrogen (secondary N) is 1. The standard InChI is InChI=1S/C24H16F2N2O4/c1-32-24(31)17-8-4-5-9-20(17)27-22(29)18-13-28(21-11-10-14(25)12-19(21)26)23(30)16-7-3-2-6-15(16)18/h2-13H,1H3,(H,27,29). The number of anilines is 1. The normalized spacial score (nSPS) is 10.7. The van der Waals surface area contributed by atoms with E-state index in [4.69, 9.17) is 4.74 Å². The Hall–Kier alpha value is -4.33. The van der Waals surface area contributed by atoms with Crippen LogP contribution in [0.15, 0.2) is 77.7 Å². The molecule has 0 radical (unpaired) electrons. The lowest BCUT2D eigenvalue weighted by atomic mass is 10.1. The number of carbonyl (C=O) groups is 2. The maximum Gasteiger partial charge on any atom is 0.339 e. The number of halogens is 2. The minimum absolute atomic E-state index is 0.0589. The number of pyridine rings is 1. The molecule has 1 N–H and O–H groups in total. The van der Waals surface area contributed by atoms with Gasteiger partial charge in [0.05, 0.1) is 29.6 Å². The van der Waals surface area contributed by atoms with Crippen molar-refractivity contribution in [3.05, 3.63) is 106 Å². The summed E-state index contributed by atoms with van der Waals surface area (Å²) in [5.41, 5.74) is -0.364. The maximum absolute atomic E-state index is 14.4. The number of benzene rings is 3. The van der Waals surface area contributed by atoms with Gasteiger partial charge in [-0.1, -0.05) is 30.3 Å². The van der Waals surface area contributed by atoms with E-state index >= 15 is 0 Å². The van der Waals surface area contributed by atoms with Gasteiger partial charge in [-0.15, -0.1) is 0 Å². The van der Waals surface area contributed by atoms with Gasteiger partial charge in [-0.05, 0) is 30.3 Å². The molecule has 0 saturated carbocycles. The Morgan fingerprint density at radius 2 is 1.59 bits per heavy atom. The maximum atomic E-state index is 14.4. The minimum atomic E-state index is -0.954. The van der Waals surface area contributed by atoms with Gasteiger partial charge in [-0.2, -0.15) is 0 Å². The average Bonchev–Trinajstić information content (AvgIpc) is 2.80. The van der Waals surface area contributed by atoms with E-state index in [2.05, 4.69) is 5.32 Å². The number of para-hydroxylation sites is 1. The third-order valence-electron chi connectivity index (χ3n) is 4.92. The van der Waals surface area contributed by atoms with Crippen LogP contribution in [0, 0.1) is 11.6 Å². The van der Waals surface area contributed by atoms with Crippen LogP contribution in [0.25, 0.3) is 16.5 Å². The second-order valence-electron chi connectivity index (χ2n) is 6.85. The average molecular weight is 434 g/mol. The number of methoxy groups -OCH3 is 1. The fourth-order valence-electron chi connectivity index (χ4n) is 3.40. The van der Waals surface area contributed by atoms with Crippen molar-refractivity contribution in [1.82, 2.24) is 4.57 Å². The molecular weight excluding hydrogens is 418 g/mol. The Kier molecular flexibility index (Phi) is 5.51. The third-order valence-corrected chi connectivity index (χ3v) is 4.92. The monoisotopic (exact) mass is 434 g/mol. The number of ether oxygens (including phenoxy) is 1. The van der Waals surface area contributed by atoms with Gasteiger partial charge in [0.15, 0.2) is 0 Å². The molecule has 0 aliphatic rings. The lowest BCUT2D eigenvalue weighted by Gasteiger charge is -2.14. The molecule has 0 unspecified atom stereocenters. The first kappa shape index (κ1) is 20.9. The van der Waals surface area contributed by atoms with Gasteiger partial charge in [-0.3, -0.25) is 14.2 Å². The number of aromatic nitrogens is 1. The highest BCUT2D eigenvalue weighted by Gasteiger charge is 2.19. The van der Waals surface area contributed by atoms with E-state index in [1.165, 1.54) is 31.5 Å². The molecular formula is C24H16F2N2O4. The number of nitrogens with zero attached hydrogens (tertiary/aromatic N) is 1. The summed E-state index contributed by atoms with van der Waals surface area (Å²) in [6.07, 6.45) is 1.19. The van der Waals surface area contributed by atoms with Crippen LogP contribution in [-0.2, 0) is 4.74 Å². The summed E-state index contributed by atoms with van der Waals surface area (Å²) in [4.78, 5) is 38.2. The number of hydrogen-bond acceptors (Lipinski definition) is 4. The van der Waals surface area contributed by atoms with E-state index in [0.29, 0.717) is 11.5 Å². The quantitative estimate of drug-likeness (QED) is 0.486. The van der Waals surface area contributed by atoms with Crippen molar-refractivity contribution in [2.24, 2.45) is 0 Å². The second kappa shape index (κ2) is 8.43. The highest BCUT2D eigenvalue weighted by atomic mass is 19.1. The summed E-state index contributed by atoms with van der Waals surface area (Å²) < 4.78 is 33.5. The lowest BCUT2D eigenvalue weighted by molar-refractivity contribution is 0.0602. The third kappa shape index (κ3) is 3.74. The molecule has 4 aromatic rings. The molecule has 0 aliphatic heterocycles. The topological polar surface area (TPSA) is 77.4 Å². The van der Waals surface area contributed by atoms with Crippen molar-refractivity contribution < 1.29 is 23.1 Å². The zero-order chi connectivity index (χ0) is 22.8. The van der Waals surface area contributed by atoms with Gasteiger partial charge in [-0.25, -0.2) is 13.6 Å². The van der Waals surface area contributed by atoms with Crippen LogP contribution >= 0.6 is 0 Å². The zero-order valence-electron chi connectivity index (χ0n) is 16.8. The minimum Gasteiger partial charge on any atom is -0.465 e. The molecule has 0 saturated heterocycles. The molecule has 1 heterocycles. The Bertz CT molecular complexity index is 1430. The number of rotatable bonds is 4. The van der Waals surface area contributed by atoms with Crippen molar-refractivity contribution in [2.45, 2.75) is 0 Å². The number of amides is 1. The SMILES string of the molecule is COC(=O)c1ccccc1NC(=O)c1cn(-c2ccc(F)cc2F)c(=O)c2ccccc12. The van der Waals surface area contributed by atoms with Crippen LogP contribution < -0.4 is 10.9 Å². The van der Waals surface area contributed by atoms with Gasteiger partial charge in [0, 0.05) is 23.0 Å². The number of fused-ring (bicyclic) bond motifs is 1. The molecule has 4 rings (SSSR count). The summed E-state index contributed by atoms with van der Waals surface area (Å²) in [7, 11) is 1.22. The molecule has 32 heavy (non-hydrogen) atoms. The van der Waals surface area contributed by atoms with E-state index in [9.17, 15) is 23.2 Å². The highest BCUT2D eigenvalue weighted by molar-refractivity contribution is 6.14. The molecule has 1 aromatic heterocycles. The predicted octanol–water partition coefficient (Wildman–Crippen LogP) is 4.31. The molecule has 0 aliphatic carbocycles. The first-order valence-corrected chi connectivity index (χ1v) is 9.49. The number of esters is 1. The van der Waals surface area contributed by atoms with Crippen LogP contribution in [0.5, 0.6) is 0 Å². The van der Waals surface area contributed by atoms with Crippen molar-refractivity contribution in [1.29, 1.82) is 0 Å². The van der Waals surface area contributed by atoms with E-state index in [0.717, 1.165) is 16.7 Å². The Morgan fingerprint density at radius 1 is 0.906 bits per heavy atom. The Balaban J connectivity index is 1.88. The van der Waals surface area contributed by atoms with Crippen molar-refractivity contribution in [2.75, 3.05) is 12.4 Å². The summed E-state index contributed by atoms with van der Waals surface area (Å²) in [5.74, 6) is -3.01. The smallest absolute Gasteiger partial charge is 0.339 e. The molecule has 0 atom stereocenters. The highest BCUT2D eigenvalue weighted by Crippen LogP contribution is 2.22. The fraction of sp³-hybridized carbons (Fsp3) is 0.0417. The number of carbonyl (C=O) groups excluding carboxylic acids is 2. The molecule has 0 bridgehead atoms. The first-order valence-electron chi connectivity index (χ1n) is 9.49. The van der Waals surface area contributed by atoms with Gasteiger partial charge in [0.1, 0.15) is 11.6 Å². The molecule has 1 amide bonds. The molecule has 3 aromatic carbocycles. The van der Waals surface area contributed by atoms with Crippen LogP contribution in [0.2, 0.25) is 0 Å². The molecule has 160 valence electrons. The van der Waals surface area contributed by atoms with Gasteiger partial charge >= 0.3 is 5.97 Å². The molecule has 6 nitrogen and oxygen atoms in total. The van der Waals surface area contributed by atoms with Gasteiger partial charge in [0.25, 0.3) is 11.5 Å². The summed E-state index contributed by atoms with van der Waals surface area (Å²) in [5, 5.41) is 3.16. The van der Waals surface area contributed by atoms with Crippen molar-refractivity contribution >= 4 is 28.3 Å².